The van der Waals surface area contributed by atoms with Gasteiger partial charge in [0, 0.05) is 13.5 Å². The Hall–Kier alpha value is -0.940. The standard InChI is InChI=1S/C9H17N3O2/c1-4-9(2,10)8-11-7(12-14-8)5-6-13-3/h4-6,10H2,1-3H3. The van der Waals surface area contributed by atoms with Gasteiger partial charge in [0.25, 0.3) is 0 Å². The Morgan fingerprint density at radius 3 is 2.86 bits per heavy atom. The molecule has 0 saturated heterocycles. The highest BCUT2D eigenvalue weighted by Crippen LogP contribution is 2.18. The van der Waals surface area contributed by atoms with Crippen molar-refractivity contribution < 1.29 is 9.26 Å². The third-order valence-corrected chi connectivity index (χ3v) is 2.22. The average Bonchev–Trinajstić information content (AvgIpc) is 2.63. The summed E-state index contributed by atoms with van der Waals surface area (Å²) in [6, 6.07) is 0. The van der Waals surface area contributed by atoms with E-state index in [0.29, 0.717) is 24.7 Å². The molecule has 1 aromatic rings. The molecule has 1 atom stereocenters. The highest BCUT2D eigenvalue weighted by molar-refractivity contribution is 4.99. The van der Waals surface area contributed by atoms with Gasteiger partial charge in [0.1, 0.15) is 0 Å². The van der Waals surface area contributed by atoms with Crippen LogP contribution in [0.2, 0.25) is 0 Å². The van der Waals surface area contributed by atoms with Gasteiger partial charge in [-0.05, 0) is 13.3 Å². The molecule has 0 radical (unpaired) electrons. The first-order valence-corrected chi connectivity index (χ1v) is 4.71. The van der Waals surface area contributed by atoms with E-state index in [4.69, 9.17) is 15.0 Å². The average molecular weight is 199 g/mol. The zero-order valence-electron chi connectivity index (χ0n) is 8.91. The molecule has 5 nitrogen and oxygen atoms in total. The van der Waals surface area contributed by atoms with Gasteiger partial charge >= 0.3 is 0 Å². The Morgan fingerprint density at radius 2 is 2.29 bits per heavy atom. The molecular weight excluding hydrogens is 182 g/mol. The van der Waals surface area contributed by atoms with E-state index in [9.17, 15) is 0 Å². The van der Waals surface area contributed by atoms with Gasteiger partial charge in [-0.3, -0.25) is 0 Å². The van der Waals surface area contributed by atoms with E-state index in [1.54, 1.807) is 7.11 Å². The van der Waals surface area contributed by atoms with E-state index in [1.165, 1.54) is 0 Å². The number of nitrogens with zero attached hydrogens (tertiary/aromatic N) is 2. The van der Waals surface area contributed by atoms with Crippen LogP contribution in [0, 0.1) is 0 Å². The number of rotatable bonds is 5. The van der Waals surface area contributed by atoms with Crippen molar-refractivity contribution in [2.45, 2.75) is 32.2 Å². The van der Waals surface area contributed by atoms with Gasteiger partial charge in [0.15, 0.2) is 5.82 Å². The second kappa shape index (κ2) is 4.52. The van der Waals surface area contributed by atoms with E-state index >= 15 is 0 Å². The Bertz CT molecular complexity index is 283. The number of hydrogen-bond donors (Lipinski definition) is 1. The Kier molecular flexibility index (Phi) is 3.60. The number of nitrogens with two attached hydrogens (primary N) is 1. The predicted octanol–water partition coefficient (Wildman–Crippen LogP) is 0.842. The van der Waals surface area contributed by atoms with Crippen molar-refractivity contribution in [3.8, 4) is 0 Å². The second-order valence-corrected chi connectivity index (χ2v) is 3.53. The fraction of sp³-hybridized carbons (Fsp3) is 0.778. The molecule has 1 aromatic heterocycles. The van der Waals surface area contributed by atoms with Gasteiger partial charge in [0.2, 0.25) is 5.89 Å². The van der Waals surface area contributed by atoms with Crippen molar-refractivity contribution in [3.05, 3.63) is 11.7 Å². The van der Waals surface area contributed by atoms with Crippen molar-refractivity contribution >= 4 is 0 Å². The summed E-state index contributed by atoms with van der Waals surface area (Å²) in [6.45, 7) is 4.45. The summed E-state index contributed by atoms with van der Waals surface area (Å²) < 4.78 is 9.99. The SMILES string of the molecule is CCC(C)(N)c1nc(CCOC)no1. The monoisotopic (exact) mass is 199 g/mol. The van der Waals surface area contributed by atoms with Crippen LogP contribution in [0.25, 0.3) is 0 Å². The third-order valence-electron chi connectivity index (χ3n) is 2.22. The van der Waals surface area contributed by atoms with Gasteiger partial charge in [0.05, 0.1) is 12.1 Å². The van der Waals surface area contributed by atoms with Crippen LogP contribution < -0.4 is 5.73 Å². The quantitative estimate of drug-likeness (QED) is 0.760. The maximum Gasteiger partial charge on any atom is 0.246 e. The molecule has 2 N–H and O–H groups in total. The van der Waals surface area contributed by atoms with Crippen LogP contribution in [-0.2, 0) is 16.7 Å². The minimum atomic E-state index is -0.529. The largest absolute Gasteiger partial charge is 0.384 e. The first-order chi connectivity index (χ1) is 6.60. The molecule has 0 fully saturated rings. The summed E-state index contributed by atoms with van der Waals surface area (Å²) >= 11 is 0. The highest BCUT2D eigenvalue weighted by Gasteiger charge is 2.25. The summed E-state index contributed by atoms with van der Waals surface area (Å²) in [6.07, 6.45) is 1.42. The van der Waals surface area contributed by atoms with Crippen LogP contribution >= 0.6 is 0 Å². The molecule has 1 rings (SSSR count). The maximum absolute atomic E-state index is 5.95. The number of hydrogen-bond acceptors (Lipinski definition) is 5. The second-order valence-electron chi connectivity index (χ2n) is 3.53. The Balaban J connectivity index is 2.67. The summed E-state index contributed by atoms with van der Waals surface area (Å²) in [7, 11) is 1.64. The van der Waals surface area contributed by atoms with E-state index in [-0.39, 0.29) is 0 Å². The van der Waals surface area contributed by atoms with Crippen molar-refractivity contribution in [2.75, 3.05) is 13.7 Å². The highest BCUT2D eigenvalue weighted by atomic mass is 16.5. The summed E-state index contributed by atoms with van der Waals surface area (Å²) in [5.41, 5.74) is 5.42. The summed E-state index contributed by atoms with van der Waals surface area (Å²) in [4.78, 5) is 4.21. The molecule has 0 aromatic carbocycles. The minimum Gasteiger partial charge on any atom is -0.384 e. The van der Waals surface area contributed by atoms with E-state index in [2.05, 4.69) is 10.1 Å². The Morgan fingerprint density at radius 1 is 1.57 bits per heavy atom. The molecule has 80 valence electrons. The number of ether oxygens (including phenoxy) is 1. The molecule has 0 aliphatic rings. The molecule has 0 aliphatic carbocycles. The van der Waals surface area contributed by atoms with E-state index in [1.807, 2.05) is 13.8 Å². The first-order valence-electron chi connectivity index (χ1n) is 4.71. The number of aromatic nitrogens is 2. The minimum absolute atomic E-state index is 0.492. The molecular formula is C9H17N3O2. The normalized spacial score (nSPS) is 15.4. The van der Waals surface area contributed by atoms with E-state index < -0.39 is 5.54 Å². The van der Waals surface area contributed by atoms with Gasteiger partial charge in [-0.15, -0.1) is 0 Å². The first kappa shape index (κ1) is 11.1. The maximum atomic E-state index is 5.95. The molecule has 1 heterocycles. The molecule has 0 amide bonds. The van der Waals surface area contributed by atoms with Crippen LogP contribution in [0.5, 0.6) is 0 Å². The molecule has 5 heteroatoms. The fourth-order valence-electron chi connectivity index (χ4n) is 0.932. The van der Waals surface area contributed by atoms with Crippen molar-refractivity contribution in [1.29, 1.82) is 0 Å². The van der Waals surface area contributed by atoms with Crippen LogP contribution in [0.4, 0.5) is 0 Å². The van der Waals surface area contributed by atoms with Crippen molar-refractivity contribution in [2.24, 2.45) is 5.73 Å². The van der Waals surface area contributed by atoms with Gasteiger partial charge < -0.3 is 15.0 Å². The third kappa shape index (κ3) is 2.52. The molecule has 14 heavy (non-hydrogen) atoms. The molecule has 1 unspecified atom stereocenters. The summed E-state index contributed by atoms with van der Waals surface area (Å²) in [5.74, 6) is 1.14. The lowest BCUT2D eigenvalue weighted by atomic mass is 10.0. The Labute approximate surface area is 83.6 Å². The summed E-state index contributed by atoms with van der Waals surface area (Å²) in [5, 5.41) is 3.82. The smallest absolute Gasteiger partial charge is 0.246 e. The topological polar surface area (TPSA) is 74.2 Å². The van der Waals surface area contributed by atoms with Crippen molar-refractivity contribution in [3.63, 3.8) is 0 Å². The van der Waals surface area contributed by atoms with Crippen molar-refractivity contribution in [1.82, 2.24) is 10.1 Å². The molecule has 0 spiro atoms. The van der Waals surface area contributed by atoms with Gasteiger partial charge in [-0.25, -0.2) is 0 Å². The van der Waals surface area contributed by atoms with Crippen LogP contribution in [-0.4, -0.2) is 23.9 Å². The predicted molar refractivity (Wildman–Crippen MR) is 51.7 cm³/mol. The zero-order valence-corrected chi connectivity index (χ0v) is 8.91. The van der Waals surface area contributed by atoms with E-state index in [0.717, 1.165) is 6.42 Å². The van der Waals surface area contributed by atoms with Crippen LogP contribution in [0.1, 0.15) is 32.0 Å². The lowest BCUT2D eigenvalue weighted by Crippen LogP contribution is -2.32. The molecule has 0 aliphatic heterocycles. The zero-order chi connectivity index (χ0) is 10.6. The van der Waals surface area contributed by atoms with Gasteiger partial charge in [-0.2, -0.15) is 4.98 Å². The van der Waals surface area contributed by atoms with Crippen LogP contribution in [0.3, 0.4) is 0 Å². The lowest BCUT2D eigenvalue weighted by molar-refractivity contribution is 0.199. The van der Waals surface area contributed by atoms with Gasteiger partial charge in [-0.1, -0.05) is 12.1 Å². The fourth-order valence-corrected chi connectivity index (χ4v) is 0.932. The van der Waals surface area contributed by atoms with Crippen LogP contribution in [0.15, 0.2) is 4.52 Å². The number of methoxy groups -OCH3 is 1. The molecule has 0 bridgehead atoms. The molecule has 0 saturated carbocycles. The lowest BCUT2D eigenvalue weighted by Gasteiger charge is -2.16.